The van der Waals surface area contributed by atoms with Crippen molar-refractivity contribution in [3.63, 3.8) is 0 Å². The summed E-state index contributed by atoms with van der Waals surface area (Å²) in [5.41, 5.74) is -0.573. The van der Waals surface area contributed by atoms with Crippen LogP contribution in [0.15, 0.2) is 22.8 Å². The van der Waals surface area contributed by atoms with Crippen LogP contribution in [0.3, 0.4) is 0 Å². The van der Waals surface area contributed by atoms with E-state index in [4.69, 9.17) is 4.74 Å². The number of amides is 2. The molecule has 1 aliphatic carbocycles. The summed E-state index contributed by atoms with van der Waals surface area (Å²) in [6.45, 7) is 6.05. The minimum Gasteiger partial charge on any atom is -0.444 e. The molecule has 124 valence electrons. The van der Waals surface area contributed by atoms with Crippen LogP contribution >= 0.6 is 15.9 Å². The van der Waals surface area contributed by atoms with Crippen molar-refractivity contribution < 1.29 is 14.3 Å². The first-order valence-corrected chi connectivity index (χ1v) is 8.47. The van der Waals surface area contributed by atoms with E-state index < -0.39 is 17.7 Å². The van der Waals surface area contributed by atoms with Crippen LogP contribution in [0.2, 0.25) is 0 Å². The van der Waals surface area contributed by atoms with Crippen LogP contribution in [0.25, 0.3) is 0 Å². The predicted octanol–water partition coefficient (Wildman–Crippen LogP) is 3.04. The van der Waals surface area contributed by atoms with E-state index in [0.29, 0.717) is 22.9 Å². The highest BCUT2D eigenvalue weighted by Gasteiger charge is 2.57. The number of hydrogen-bond donors (Lipinski definition) is 1. The molecule has 3 rings (SSSR count). The summed E-state index contributed by atoms with van der Waals surface area (Å²) in [5.74, 6) is 0.910. The molecule has 2 aliphatic rings. The molecule has 0 spiro atoms. The number of ether oxygens (including phenoxy) is 1. The van der Waals surface area contributed by atoms with E-state index in [-0.39, 0.29) is 11.8 Å². The predicted molar refractivity (Wildman–Crippen MR) is 88.9 cm³/mol. The fourth-order valence-corrected chi connectivity index (χ4v) is 3.33. The number of rotatable bonds is 2. The van der Waals surface area contributed by atoms with Gasteiger partial charge >= 0.3 is 6.09 Å². The lowest BCUT2D eigenvalue weighted by Gasteiger charge is -2.29. The second kappa shape index (κ2) is 5.78. The largest absolute Gasteiger partial charge is 0.444 e. The Labute approximate surface area is 143 Å². The average molecular weight is 382 g/mol. The van der Waals surface area contributed by atoms with Crippen molar-refractivity contribution in [1.82, 2.24) is 9.88 Å². The summed E-state index contributed by atoms with van der Waals surface area (Å²) in [6, 6.07) is 4.83. The Bertz CT molecular complexity index is 644. The van der Waals surface area contributed by atoms with E-state index in [2.05, 4.69) is 26.2 Å². The Kier molecular flexibility index (Phi) is 4.08. The zero-order chi connectivity index (χ0) is 16.8. The van der Waals surface area contributed by atoms with Gasteiger partial charge in [-0.1, -0.05) is 6.07 Å². The average Bonchev–Trinajstić information content (AvgIpc) is 3.07. The normalized spacial score (nSPS) is 25.7. The Morgan fingerprint density at radius 2 is 2.13 bits per heavy atom. The highest BCUT2D eigenvalue weighted by atomic mass is 79.9. The zero-order valence-corrected chi connectivity index (χ0v) is 15.0. The van der Waals surface area contributed by atoms with Crippen molar-refractivity contribution in [3.05, 3.63) is 22.8 Å². The molecule has 0 aromatic carbocycles. The van der Waals surface area contributed by atoms with Gasteiger partial charge in [-0.15, -0.1) is 0 Å². The molecule has 2 heterocycles. The number of hydrogen-bond acceptors (Lipinski definition) is 4. The van der Waals surface area contributed by atoms with Gasteiger partial charge in [-0.3, -0.25) is 9.69 Å². The minimum absolute atomic E-state index is 0.202. The second-order valence-electron chi connectivity index (χ2n) is 7.07. The molecule has 7 heteroatoms. The quantitative estimate of drug-likeness (QED) is 0.799. The van der Waals surface area contributed by atoms with E-state index >= 15 is 0 Å². The summed E-state index contributed by atoms with van der Waals surface area (Å²) in [5, 5.41) is 2.80. The fourth-order valence-electron chi connectivity index (χ4n) is 2.99. The lowest BCUT2D eigenvalue weighted by molar-refractivity contribution is -0.121. The number of piperidine rings is 1. The number of carbonyl (C=O) groups is 2. The monoisotopic (exact) mass is 381 g/mol. The maximum absolute atomic E-state index is 12.6. The number of anilines is 1. The maximum Gasteiger partial charge on any atom is 0.410 e. The van der Waals surface area contributed by atoms with Crippen LogP contribution in [0.4, 0.5) is 10.6 Å². The Balaban J connectivity index is 1.71. The van der Waals surface area contributed by atoms with E-state index in [9.17, 15) is 9.59 Å². The summed E-state index contributed by atoms with van der Waals surface area (Å²) >= 11 is 3.28. The number of nitrogens with zero attached hydrogens (tertiary/aromatic N) is 2. The van der Waals surface area contributed by atoms with Gasteiger partial charge in [-0.05, 0) is 67.1 Å². The smallest absolute Gasteiger partial charge is 0.410 e. The molecular weight excluding hydrogens is 362 g/mol. The van der Waals surface area contributed by atoms with Crippen LogP contribution in [-0.4, -0.2) is 40.1 Å². The lowest BCUT2D eigenvalue weighted by Crippen LogP contribution is -2.47. The van der Waals surface area contributed by atoms with Crippen molar-refractivity contribution in [1.29, 1.82) is 0 Å². The topological polar surface area (TPSA) is 71.5 Å². The summed E-state index contributed by atoms with van der Waals surface area (Å²) in [7, 11) is 0. The van der Waals surface area contributed by atoms with Gasteiger partial charge in [0.15, 0.2) is 0 Å². The SMILES string of the molecule is CC(C)(C)OC(=O)N1C[C@@H]2C[C@@H]2[C@@H]1C(=O)Nc1cccc(Br)n1. The van der Waals surface area contributed by atoms with Gasteiger partial charge in [0.2, 0.25) is 5.91 Å². The van der Waals surface area contributed by atoms with Gasteiger partial charge in [-0.2, -0.15) is 0 Å². The molecule has 2 fully saturated rings. The summed E-state index contributed by atoms with van der Waals surface area (Å²) < 4.78 is 6.07. The molecule has 0 radical (unpaired) electrons. The standard InChI is InChI=1S/C16H20BrN3O3/c1-16(2,3)23-15(22)20-8-9-7-10(9)13(20)14(21)19-12-6-4-5-11(17)18-12/h4-6,9-10,13H,7-8H2,1-3H3,(H,18,19,21)/t9-,10-,13+/m0/s1. The second-order valence-corrected chi connectivity index (χ2v) is 7.88. The lowest BCUT2D eigenvalue weighted by atomic mass is 10.1. The number of carbonyl (C=O) groups excluding carboxylic acids is 2. The van der Waals surface area contributed by atoms with E-state index in [0.717, 1.165) is 6.42 Å². The fraction of sp³-hybridized carbons (Fsp3) is 0.562. The minimum atomic E-state index is -0.573. The molecule has 3 atom stereocenters. The number of fused-ring (bicyclic) bond motifs is 1. The molecule has 1 aromatic rings. The summed E-state index contributed by atoms with van der Waals surface area (Å²) in [4.78, 5) is 30.7. The van der Waals surface area contributed by atoms with Crippen molar-refractivity contribution in [2.24, 2.45) is 11.8 Å². The van der Waals surface area contributed by atoms with Gasteiger partial charge in [0.05, 0.1) is 0 Å². The van der Waals surface area contributed by atoms with Crippen LogP contribution in [0.5, 0.6) is 0 Å². The molecule has 1 aliphatic heterocycles. The van der Waals surface area contributed by atoms with Crippen molar-refractivity contribution in [2.45, 2.75) is 38.8 Å². The molecule has 1 saturated heterocycles. The Morgan fingerprint density at radius 1 is 1.39 bits per heavy atom. The van der Waals surface area contributed by atoms with Crippen LogP contribution in [0.1, 0.15) is 27.2 Å². The van der Waals surface area contributed by atoms with Gasteiger partial charge in [0.25, 0.3) is 0 Å². The molecule has 0 bridgehead atoms. The molecule has 2 amide bonds. The van der Waals surface area contributed by atoms with E-state index in [1.54, 1.807) is 23.1 Å². The number of halogens is 1. The molecule has 1 aromatic heterocycles. The van der Waals surface area contributed by atoms with Crippen LogP contribution < -0.4 is 5.32 Å². The molecule has 6 nitrogen and oxygen atoms in total. The first-order valence-electron chi connectivity index (χ1n) is 7.67. The number of nitrogens with one attached hydrogen (secondary N) is 1. The van der Waals surface area contributed by atoms with E-state index in [1.807, 2.05) is 20.8 Å². The Hall–Kier alpha value is -1.63. The van der Waals surface area contributed by atoms with E-state index in [1.165, 1.54) is 0 Å². The van der Waals surface area contributed by atoms with Crippen LogP contribution in [-0.2, 0) is 9.53 Å². The third-order valence-electron chi connectivity index (χ3n) is 4.01. The van der Waals surface area contributed by atoms with Crippen molar-refractivity contribution >= 4 is 33.7 Å². The molecule has 1 N–H and O–H groups in total. The van der Waals surface area contributed by atoms with Gasteiger partial charge < -0.3 is 10.1 Å². The van der Waals surface area contributed by atoms with Gasteiger partial charge in [0, 0.05) is 6.54 Å². The molecule has 23 heavy (non-hydrogen) atoms. The number of likely N-dealkylation sites (tertiary alicyclic amines) is 1. The molecule has 0 unspecified atom stereocenters. The molecular formula is C16H20BrN3O3. The number of aromatic nitrogens is 1. The van der Waals surface area contributed by atoms with Gasteiger partial charge in [-0.25, -0.2) is 9.78 Å². The molecule has 1 saturated carbocycles. The summed E-state index contributed by atoms with van der Waals surface area (Å²) in [6.07, 6.45) is 0.565. The van der Waals surface area contributed by atoms with Crippen molar-refractivity contribution in [2.75, 3.05) is 11.9 Å². The highest BCUT2D eigenvalue weighted by molar-refractivity contribution is 9.10. The maximum atomic E-state index is 12.6. The number of pyridine rings is 1. The zero-order valence-electron chi connectivity index (χ0n) is 13.4. The third-order valence-corrected chi connectivity index (χ3v) is 4.45. The first-order chi connectivity index (χ1) is 10.7. The Morgan fingerprint density at radius 3 is 2.78 bits per heavy atom. The first kappa shape index (κ1) is 16.2. The highest BCUT2D eigenvalue weighted by Crippen LogP contribution is 2.50. The third kappa shape index (κ3) is 3.65. The van der Waals surface area contributed by atoms with Crippen LogP contribution in [0, 0.1) is 11.8 Å². The van der Waals surface area contributed by atoms with Gasteiger partial charge in [0.1, 0.15) is 22.1 Å². The van der Waals surface area contributed by atoms with Crippen molar-refractivity contribution in [3.8, 4) is 0 Å².